The number of hydrogen-bond acceptors (Lipinski definition) is 5. The van der Waals surface area contributed by atoms with E-state index >= 15 is 0 Å². The molecule has 21 heavy (non-hydrogen) atoms. The van der Waals surface area contributed by atoms with Gasteiger partial charge in [0.1, 0.15) is 5.60 Å². The van der Waals surface area contributed by atoms with Crippen LogP contribution in [-0.2, 0) is 19.0 Å². The first-order valence-electron chi connectivity index (χ1n) is 7.40. The van der Waals surface area contributed by atoms with Gasteiger partial charge in [-0.2, -0.15) is 0 Å². The number of rotatable bonds is 5. The number of amides is 1. The van der Waals surface area contributed by atoms with Gasteiger partial charge in [-0.1, -0.05) is 6.92 Å². The van der Waals surface area contributed by atoms with Crippen LogP contribution >= 0.6 is 0 Å². The second-order valence-electron chi connectivity index (χ2n) is 6.36. The molecule has 1 saturated heterocycles. The maximum atomic E-state index is 12.1. The minimum atomic E-state index is -0.500. The van der Waals surface area contributed by atoms with E-state index in [-0.39, 0.29) is 24.1 Å². The predicted octanol–water partition coefficient (Wildman–Crippen LogP) is 2.36. The highest BCUT2D eigenvalue weighted by atomic mass is 16.6. The largest absolute Gasteiger partial charge is 0.469 e. The van der Waals surface area contributed by atoms with Crippen LogP contribution in [0.25, 0.3) is 0 Å². The van der Waals surface area contributed by atoms with Gasteiger partial charge in [0, 0.05) is 6.54 Å². The van der Waals surface area contributed by atoms with Crippen LogP contribution in [0.3, 0.4) is 0 Å². The Hall–Kier alpha value is -1.30. The molecular formula is C15H27NO5. The van der Waals surface area contributed by atoms with Gasteiger partial charge in [0.2, 0.25) is 0 Å². The molecule has 1 unspecified atom stereocenters. The molecule has 0 aromatic heterocycles. The number of esters is 1. The number of methoxy groups -OCH3 is 1. The first-order valence-corrected chi connectivity index (χ1v) is 7.40. The summed E-state index contributed by atoms with van der Waals surface area (Å²) in [4.78, 5) is 24.9. The molecular weight excluding hydrogens is 274 g/mol. The minimum Gasteiger partial charge on any atom is -0.469 e. The molecule has 0 bridgehead atoms. The minimum absolute atomic E-state index is 0.227. The van der Waals surface area contributed by atoms with Crippen molar-refractivity contribution in [2.24, 2.45) is 0 Å². The first kappa shape index (κ1) is 17.8. The van der Waals surface area contributed by atoms with Crippen LogP contribution < -0.4 is 0 Å². The molecule has 1 heterocycles. The maximum absolute atomic E-state index is 12.1. The van der Waals surface area contributed by atoms with Gasteiger partial charge >= 0.3 is 12.1 Å². The van der Waals surface area contributed by atoms with Crippen LogP contribution in [0.1, 0.15) is 47.0 Å². The van der Waals surface area contributed by atoms with E-state index in [0.29, 0.717) is 19.7 Å². The zero-order valence-corrected chi connectivity index (χ0v) is 13.7. The van der Waals surface area contributed by atoms with E-state index in [1.165, 1.54) is 7.11 Å². The highest BCUT2D eigenvalue weighted by molar-refractivity contribution is 5.69. The standard InChI is InChI=1S/C15H27NO5/c1-6-15(20-10-7-12(17)19-5)8-9-16(11-15)13(18)21-14(2,3)4/h6-11H2,1-5H3. The second-order valence-corrected chi connectivity index (χ2v) is 6.36. The summed E-state index contributed by atoms with van der Waals surface area (Å²) in [5.74, 6) is -0.289. The zero-order valence-electron chi connectivity index (χ0n) is 13.7. The summed E-state index contributed by atoms with van der Waals surface area (Å²) in [6.07, 6.45) is 1.46. The van der Waals surface area contributed by atoms with Gasteiger partial charge in [-0.15, -0.1) is 0 Å². The number of nitrogens with zero attached hydrogens (tertiary/aromatic N) is 1. The van der Waals surface area contributed by atoms with E-state index in [1.54, 1.807) is 4.90 Å². The summed E-state index contributed by atoms with van der Waals surface area (Å²) in [6, 6.07) is 0. The van der Waals surface area contributed by atoms with Crippen molar-refractivity contribution in [3.63, 3.8) is 0 Å². The van der Waals surface area contributed by atoms with Crippen LogP contribution in [0, 0.1) is 0 Å². The lowest BCUT2D eigenvalue weighted by atomic mass is 10.00. The van der Waals surface area contributed by atoms with E-state index in [4.69, 9.17) is 9.47 Å². The third-order valence-electron chi connectivity index (χ3n) is 3.55. The molecule has 0 aromatic rings. The Kier molecular flexibility index (Phi) is 6.01. The normalized spacial score (nSPS) is 22.2. The van der Waals surface area contributed by atoms with Crippen molar-refractivity contribution in [2.45, 2.75) is 58.2 Å². The fraction of sp³-hybridized carbons (Fsp3) is 0.867. The molecule has 1 amide bonds. The van der Waals surface area contributed by atoms with Crippen molar-refractivity contribution in [3.05, 3.63) is 0 Å². The number of ether oxygens (including phenoxy) is 3. The van der Waals surface area contributed by atoms with E-state index in [1.807, 2.05) is 27.7 Å². The van der Waals surface area contributed by atoms with Crippen molar-refractivity contribution in [1.82, 2.24) is 4.90 Å². The Morgan fingerprint density at radius 2 is 1.95 bits per heavy atom. The smallest absolute Gasteiger partial charge is 0.410 e. The average molecular weight is 301 g/mol. The maximum Gasteiger partial charge on any atom is 0.410 e. The lowest BCUT2D eigenvalue weighted by molar-refractivity contribution is -0.143. The van der Waals surface area contributed by atoms with Gasteiger partial charge in [-0.3, -0.25) is 4.79 Å². The Morgan fingerprint density at radius 1 is 1.29 bits per heavy atom. The molecule has 0 aromatic carbocycles. The van der Waals surface area contributed by atoms with E-state index in [0.717, 1.165) is 12.8 Å². The molecule has 0 aliphatic carbocycles. The molecule has 1 aliphatic heterocycles. The summed E-state index contributed by atoms with van der Waals surface area (Å²) in [5, 5.41) is 0. The number of carbonyl (C=O) groups is 2. The summed E-state index contributed by atoms with van der Waals surface area (Å²) < 4.78 is 15.8. The molecule has 0 N–H and O–H groups in total. The SMILES string of the molecule is CCC1(OCCC(=O)OC)CCN(C(=O)OC(C)(C)C)C1. The fourth-order valence-electron chi connectivity index (χ4n) is 2.29. The average Bonchev–Trinajstić information content (AvgIpc) is 2.82. The number of hydrogen-bond donors (Lipinski definition) is 0. The van der Waals surface area contributed by atoms with Crippen molar-refractivity contribution < 1.29 is 23.8 Å². The van der Waals surface area contributed by atoms with E-state index in [2.05, 4.69) is 4.74 Å². The molecule has 1 atom stereocenters. The van der Waals surface area contributed by atoms with Crippen LogP contribution in [0.15, 0.2) is 0 Å². The summed E-state index contributed by atoms with van der Waals surface area (Å²) in [5.41, 5.74) is -0.884. The van der Waals surface area contributed by atoms with E-state index < -0.39 is 5.60 Å². The highest BCUT2D eigenvalue weighted by Gasteiger charge is 2.40. The van der Waals surface area contributed by atoms with Gasteiger partial charge in [0.25, 0.3) is 0 Å². The Balaban J connectivity index is 2.51. The van der Waals surface area contributed by atoms with Gasteiger partial charge in [-0.25, -0.2) is 4.79 Å². The van der Waals surface area contributed by atoms with Crippen molar-refractivity contribution in [1.29, 1.82) is 0 Å². The third-order valence-corrected chi connectivity index (χ3v) is 3.55. The molecule has 1 aliphatic rings. The second kappa shape index (κ2) is 7.11. The Bertz CT molecular complexity index is 377. The summed E-state index contributed by atoms with van der Waals surface area (Å²) in [7, 11) is 1.36. The first-order chi connectivity index (χ1) is 9.71. The van der Waals surface area contributed by atoms with Crippen LogP contribution in [0.2, 0.25) is 0 Å². The fourth-order valence-corrected chi connectivity index (χ4v) is 2.29. The molecule has 6 nitrogen and oxygen atoms in total. The highest BCUT2D eigenvalue weighted by Crippen LogP contribution is 2.30. The van der Waals surface area contributed by atoms with Crippen molar-refractivity contribution in [3.8, 4) is 0 Å². The molecule has 0 saturated carbocycles. The lowest BCUT2D eigenvalue weighted by Gasteiger charge is -2.29. The van der Waals surface area contributed by atoms with Crippen LogP contribution in [-0.4, -0.2) is 55.0 Å². The van der Waals surface area contributed by atoms with Crippen molar-refractivity contribution in [2.75, 3.05) is 26.8 Å². The van der Waals surface area contributed by atoms with Gasteiger partial charge < -0.3 is 19.1 Å². The lowest BCUT2D eigenvalue weighted by Crippen LogP contribution is -2.40. The van der Waals surface area contributed by atoms with Crippen LogP contribution in [0.5, 0.6) is 0 Å². The summed E-state index contributed by atoms with van der Waals surface area (Å²) in [6.45, 7) is 8.99. The molecule has 122 valence electrons. The van der Waals surface area contributed by atoms with E-state index in [9.17, 15) is 9.59 Å². The molecule has 6 heteroatoms. The third kappa shape index (κ3) is 5.53. The molecule has 0 spiro atoms. The number of likely N-dealkylation sites (tertiary alicyclic amines) is 1. The quantitative estimate of drug-likeness (QED) is 0.729. The van der Waals surface area contributed by atoms with Crippen molar-refractivity contribution >= 4 is 12.1 Å². The topological polar surface area (TPSA) is 65.1 Å². The van der Waals surface area contributed by atoms with Gasteiger partial charge in [0.05, 0.1) is 32.3 Å². The predicted molar refractivity (Wildman–Crippen MR) is 78.0 cm³/mol. The summed E-state index contributed by atoms with van der Waals surface area (Å²) >= 11 is 0. The molecule has 0 radical (unpaired) electrons. The molecule has 1 fully saturated rings. The monoisotopic (exact) mass is 301 g/mol. The molecule has 1 rings (SSSR count). The Labute approximate surface area is 126 Å². The Morgan fingerprint density at radius 3 is 2.48 bits per heavy atom. The van der Waals surface area contributed by atoms with Gasteiger partial charge in [0.15, 0.2) is 0 Å². The zero-order chi connectivity index (χ0) is 16.1. The van der Waals surface area contributed by atoms with Crippen LogP contribution in [0.4, 0.5) is 4.79 Å². The number of carbonyl (C=O) groups excluding carboxylic acids is 2. The van der Waals surface area contributed by atoms with Gasteiger partial charge in [-0.05, 0) is 33.6 Å².